The molecule has 20 heavy (non-hydrogen) atoms. The van der Waals surface area contributed by atoms with Crippen LogP contribution < -0.4 is 5.32 Å². The van der Waals surface area contributed by atoms with Crippen LogP contribution >= 0.6 is 0 Å². The number of esters is 1. The molecular formula is C12H20F3NO4. The zero-order valence-electron chi connectivity index (χ0n) is 12.1. The minimum atomic E-state index is -4.46. The van der Waals surface area contributed by atoms with Crippen molar-refractivity contribution in [1.29, 1.82) is 0 Å². The van der Waals surface area contributed by atoms with Crippen LogP contribution in [0.1, 0.15) is 34.1 Å². The van der Waals surface area contributed by atoms with Crippen LogP contribution in [-0.4, -0.2) is 37.0 Å². The van der Waals surface area contributed by atoms with Gasteiger partial charge in [0.05, 0.1) is 13.0 Å². The molecule has 2 atom stereocenters. The fourth-order valence-corrected chi connectivity index (χ4v) is 1.29. The van der Waals surface area contributed by atoms with E-state index in [2.05, 4.69) is 10.1 Å². The van der Waals surface area contributed by atoms with Crippen molar-refractivity contribution >= 4 is 12.1 Å². The van der Waals surface area contributed by atoms with E-state index in [1.54, 1.807) is 20.8 Å². The first kappa shape index (κ1) is 18.5. The van der Waals surface area contributed by atoms with Crippen molar-refractivity contribution in [1.82, 2.24) is 5.32 Å². The Morgan fingerprint density at radius 2 is 1.70 bits per heavy atom. The van der Waals surface area contributed by atoms with Gasteiger partial charge in [-0.25, -0.2) is 9.59 Å². The molecule has 8 heteroatoms. The summed E-state index contributed by atoms with van der Waals surface area (Å²) in [5, 5.41) is 2.09. The van der Waals surface area contributed by atoms with Crippen LogP contribution in [0.15, 0.2) is 0 Å². The van der Waals surface area contributed by atoms with E-state index in [-0.39, 0.29) is 0 Å². The van der Waals surface area contributed by atoms with Crippen LogP contribution in [0.3, 0.4) is 0 Å². The standard InChI is InChI=1S/C12H20F3NO4/c1-7(12(13,14)15)6-8(9(17)19-5)16-10(18)20-11(2,3)4/h7-8H,6H2,1-5H3,(H,16,18)/t7?,8-/m0/s1. The molecule has 0 aliphatic rings. The van der Waals surface area contributed by atoms with Crippen LogP contribution in [-0.2, 0) is 14.3 Å². The number of carbonyl (C=O) groups excluding carboxylic acids is 2. The average molecular weight is 299 g/mol. The molecule has 118 valence electrons. The van der Waals surface area contributed by atoms with Gasteiger partial charge in [-0.3, -0.25) is 0 Å². The second kappa shape index (κ2) is 6.81. The topological polar surface area (TPSA) is 64.6 Å². The van der Waals surface area contributed by atoms with Gasteiger partial charge in [0.15, 0.2) is 0 Å². The molecule has 0 aliphatic heterocycles. The van der Waals surface area contributed by atoms with Gasteiger partial charge in [-0.2, -0.15) is 13.2 Å². The molecule has 1 unspecified atom stereocenters. The third-order valence-corrected chi connectivity index (χ3v) is 2.32. The number of hydrogen-bond donors (Lipinski definition) is 1. The molecule has 0 radical (unpaired) electrons. The predicted octanol–water partition coefficient (Wildman–Crippen LogP) is 2.64. The molecule has 0 aromatic heterocycles. The molecule has 0 saturated carbocycles. The maximum Gasteiger partial charge on any atom is 0.408 e. The minimum absolute atomic E-state index is 0.616. The smallest absolute Gasteiger partial charge is 0.408 e. The van der Waals surface area contributed by atoms with Crippen molar-refractivity contribution < 1.29 is 32.2 Å². The lowest BCUT2D eigenvalue weighted by Gasteiger charge is -2.24. The summed E-state index contributed by atoms with van der Waals surface area (Å²) in [7, 11) is 1.03. The fraction of sp³-hybridized carbons (Fsp3) is 0.833. The number of carbonyl (C=O) groups is 2. The number of nitrogens with one attached hydrogen (secondary N) is 1. The van der Waals surface area contributed by atoms with Crippen molar-refractivity contribution in [2.45, 2.75) is 51.9 Å². The third-order valence-electron chi connectivity index (χ3n) is 2.32. The second-order valence-electron chi connectivity index (χ2n) is 5.40. The molecule has 5 nitrogen and oxygen atoms in total. The molecular weight excluding hydrogens is 279 g/mol. The number of alkyl halides is 3. The number of ether oxygens (including phenoxy) is 2. The fourth-order valence-electron chi connectivity index (χ4n) is 1.29. The Hall–Kier alpha value is -1.47. The Labute approximate surface area is 115 Å². The molecule has 0 saturated heterocycles. The summed E-state index contributed by atoms with van der Waals surface area (Å²) in [5.41, 5.74) is -0.819. The van der Waals surface area contributed by atoms with E-state index < -0.39 is 42.2 Å². The lowest BCUT2D eigenvalue weighted by Crippen LogP contribution is -2.46. The lowest BCUT2D eigenvalue weighted by molar-refractivity contribution is -0.174. The molecule has 1 N–H and O–H groups in total. The Morgan fingerprint density at radius 1 is 1.20 bits per heavy atom. The van der Waals surface area contributed by atoms with Crippen LogP contribution in [0, 0.1) is 5.92 Å². The second-order valence-corrected chi connectivity index (χ2v) is 5.40. The molecule has 1 amide bonds. The number of rotatable bonds is 4. The quantitative estimate of drug-likeness (QED) is 0.811. The summed E-state index contributed by atoms with van der Waals surface area (Å²) in [6.07, 6.45) is -6.04. The Bertz CT molecular complexity index is 350. The summed E-state index contributed by atoms with van der Waals surface area (Å²) in [6, 6.07) is -1.41. The Kier molecular flexibility index (Phi) is 6.31. The van der Waals surface area contributed by atoms with Crippen LogP contribution in [0.2, 0.25) is 0 Å². The number of amides is 1. The van der Waals surface area contributed by atoms with E-state index in [4.69, 9.17) is 4.74 Å². The number of hydrogen-bond acceptors (Lipinski definition) is 4. The summed E-state index contributed by atoms with van der Waals surface area (Å²) in [5.74, 6) is -2.71. The molecule has 0 spiro atoms. The van der Waals surface area contributed by atoms with Gasteiger partial charge >= 0.3 is 18.2 Å². The van der Waals surface area contributed by atoms with Gasteiger partial charge in [-0.05, 0) is 27.2 Å². The SMILES string of the molecule is COC(=O)[C@H](CC(C)C(F)(F)F)NC(=O)OC(C)(C)C. The minimum Gasteiger partial charge on any atom is -0.467 e. The Balaban J connectivity index is 4.75. The predicted molar refractivity (Wildman–Crippen MR) is 65.0 cm³/mol. The number of halogens is 3. The first-order chi connectivity index (χ1) is 8.86. The number of alkyl carbamates (subject to hydrolysis) is 1. The molecule has 0 aliphatic carbocycles. The highest BCUT2D eigenvalue weighted by Gasteiger charge is 2.39. The van der Waals surface area contributed by atoms with Crippen LogP contribution in [0.4, 0.5) is 18.0 Å². The summed E-state index contributed by atoms with van der Waals surface area (Å²) in [4.78, 5) is 22.9. The van der Waals surface area contributed by atoms with E-state index in [0.29, 0.717) is 0 Å². The highest BCUT2D eigenvalue weighted by atomic mass is 19.4. The van der Waals surface area contributed by atoms with Gasteiger partial charge in [0.25, 0.3) is 0 Å². The lowest BCUT2D eigenvalue weighted by atomic mass is 10.0. The van der Waals surface area contributed by atoms with Gasteiger partial charge in [0.2, 0.25) is 0 Å². The van der Waals surface area contributed by atoms with Gasteiger partial charge in [-0.1, -0.05) is 6.92 Å². The molecule has 0 rings (SSSR count). The van der Waals surface area contributed by atoms with Gasteiger partial charge in [0, 0.05) is 0 Å². The first-order valence-electron chi connectivity index (χ1n) is 6.01. The van der Waals surface area contributed by atoms with E-state index in [1.807, 2.05) is 0 Å². The maximum absolute atomic E-state index is 12.5. The summed E-state index contributed by atoms with van der Waals surface area (Å²) < 4.78 is 46.7. The highest BCUT2D eigenvalue weighted by molar-refractivity contribution is 5.81. The molecule has 0 bridgehead atoms. The third kappa shape index (κ3) is 7.20. The van der Waals surface area contributed by atoms with Gasteiger partial charge in [-0.15, -0.1) is 0 Å². The van der Waals surface area contributed by atoms with E-state index in [0.717, 1.165) is 14.0 Å². The molecule has 0 heterocycles. The normalized spacial score (nSPS) is 15.2. The van der Waals surface area contributed by atoms with Crippen LogP contribution in [0.25, 0.3) is 0 Å². The first-order valence-corrected chi connectivity index (χ1v) is 6.01. The van der Waals surface area contributed by atoms with Crippen molar-refractivity contribution in [2.75, 3.05) is 7.11 Å². The van der Waals surface area contributed by atoms with Crippen molar-refractivity contribution in [3.8, 4) is 0 Å². The zero-order valence-corrected chi connectivity index (χ0v) is 12.1. The molecule has 0 fully saturated rings. The molecule has 0 aromatic rings. The summed E-state index contributed by atoms with van der Waals surface area (Å²) >= 11 is 0. The van der Waals surface area contributed by atoms with E-state index in [1.165, 1.54) is 0 Å². The van der Waals surface area contributed by atoms with Crippen molar-refractivity contribution in [3.63, 3.8) is 0 Å². The number of methoxy groups -OCH3 is 1. The molecule has 0 aromatic carbocycles. The maximum atomic E-state index is 12.5. The van der Waals surface area contributed by atoms with Gasteiger partial charge < -0.3 is 14.8 Å². The van der Waals surface area contributed by atoms with Gasteiger partial charge in [0.1, 0.15) is 11.6 Å². The Morgan fingerprint density at radius 3 is 2.05 bits per heavy atom. The van der Waals surface area contributed by atoms with Crippen LogP contribution in [0.5, 0.6) is 0 Å². The largest absolute Gasteiger partial charge is 0.467 e. The highest BCUT2D eigenvalue weighted by Crippen LogP contribution is 2.29. The van der Waals surface area contributed by atoms with E-state index in [9.17, 15) is 22.8 Å². The average Bonchev–Trinajstić information content (AvgIpc) is 2.22. The van der Waals surface area contributed by atoms with Crippen molar-refractivity contribution in [3.05, 3.63) is 0 Å². The monoisotopic (exact) mass is 299 g/mol. The zero-order chi connectivity index (χ0) is 16.1. The van der Waals surface area contributed by atoms with E-state index >= 15 is 0 Å². The van der Waals surface area contributed by atoms with Crippen molar-refractivity contribution in [2.24, 2.45) is 5.92 Å². The summed E-state index contributed by atoms with van der Waals surface area (Å²) in [6.45, 7) is 5.71.